The molecule has 3 aromatic carbocycles. The Morgan fingerprint density at radius 1 is 0.969 bits per heavy atom. The van der Waals surface area contributed by atoms with Crippen LogP contribution in [0.4, 0.5) is 10.1 Å². The Morgan fingerprint density at radius 2 is 1.66 bits per heavy atom. The molecule has 0 radical (unpaired) electrons. The van der Waals surface area contributed by atoms with Crippen LogP contribution in [0, 0.1) is 5.82 Å². The fourth-order valence-corrected chi connectivity index (χ4v) is 4.42. The summed E-state index contributed by atoms with van der Waals surface area (Å²) < 4.78 is 15.3. The minimum Gasteiger partial charge on any atom is -0.494 e. The molecule has 0 amide bonds. The van der Waals surface area contributed by atoms with Crippen LogP contribution < -0.4 is 11.2 Å². The lowest BCUT2D eigenvalue weighted by Crippen LogP contribution is -2.39. The van der Waals surface area contributed by atoms with Crippen LogP contribution in [0.3, 0.4) is 0 Å². The zero-order valence-corrected chi connectivity index (χ0v) is 18.3. The third-order valence-corrected chi connectivity index (χ3v) is 6.17. The van der Waals surface area contributed by atoms with Crippen LogP contribution in [-0.4, -0.2) is 19.3 Å². The second-order valence-corrected chi connectivity index (χ2v) is 8.19. The van der Waals surface area contributed by atoms with Crippen molar-refractivity contribution in [3.63, 3.8) is 0 Å². The maximum atomic E-state index is 13.4. The molecule has 0 fully saturated rings. The molecular formula is C24H20FN3O3S. The quantitative estimate of drug-likeness (QED) is 0.376. The minimum atomic E-state index is -0.656. The van der Waals surface area contributed by atoms with E-state index in [0.717, 1.165) is 25.5 Å². The Morgan fingerprint density at radius 3 is 2.41 bits per heavy atom. The maximum absolute atomic E-state index is 13.4. The van der Waals surface area contributed by atoms with E-state index in [1.807, 2.05) is 42.5 Å². The van der Waals surface area contributed by atoms with Gasteiger partial charge in [0.15, 0.2) is 0 Å². The molecule has 8 heteroatoms. The van der Waals surface area contributed by atoms with Crippen LogP contribution in [0.5, 0.6) is 5.88 Å². The van der Waals surface area contributed by atoms with Crippen molar-refractivity contribution in [2.75, 3.05) is 0 Å². The molecule has 162 valence electrons. The highest BCUT2D eigenvalue weighted by Gasteiger charge is 2.21. The molecule has 0 saturated heterocycles. The molecule has 0 aliphatic heterocycles. The maximum Gasteiger partial charge on any atom is 0.333 e. The molecule has 4 rings (SSSR count). The zero-order chi connectivity index (χ0) is 22.8. The Kier molecular flexibility index (Phi) is 5.96. The first-order valence-electron chi connectivity index (χ1n) is 9.80. The van der Waals surface area contributed by atoms with Gasteiger partial charge in [-0.3, -0.25) is 13.9 Å². The standard InChI is InChI=1S/C24H20FN3O3S/c1-27-22(29)20(23(30)28(2)24(27)31)21(26-18-12-10-17(25)11-13-18)32-14-16-8-5-7-15-6-3-4-9-19(15)16/h3-13,29H,14H2,1-2H3. The Balaban J connectivity index is 1.83. The molecule has 1 N–H and O–H groups in total. The van der Waals surface area contributed by atoms with Crippen LogP contribution in [0.1, 0.15) is 11.1 Å². The summed E-state index contributed by atoms with van der Waals surface area (Å²) in [6, 6.07) is 19.4. The number of aromatic nitrogens is 2. The monoisotopic (exact) mass is 449 g/mol. The summed E-state index contributed by atoms with van der Waals surface area (Å²) in [7, 11) is 2.73. The molecule has 4 aromatic rings. The first-order valence-corrected chi connectivity index (χ1v) is 10.8. The number of fused-ring (bicyclic) bond motifs is 1. The molecule has 0 aliphatic carbocycles. The molecular weight excluding hydrogens is 429 g/mol. The van der Waals surface area contributed by atoms with Gasteiger partial charge in [0.05, 0.1) is 5.69 Å². The number of aliphatic imine (C=N–C) groups is 1. The SMILES string of the molecule is Cn1c(O)c(C(=Nc2ccc(F)cc2)SCc2cccc3ccccc23)c(=O)n(C)c1=O. The molecule has 0 aliphatic rings. The molecule has 0 spiro atoms. The molecule has 0 saturated carbocycles. The molecule has 1 aromatic heterocycles. The van der Waals surface area contributed by atoms with E-state index < -0.39 is 22.9 Å². The van der Waals surface area contributed by atoms with Gasteiger partial charge in [0.1, 0.15) is 16.4 Å². The minimum absolute atomic E-state index is 0.0795. The fourth-order valence-electron chi connectivity index (χ4n) is 3.38. The van der Waals surface area contributed by atoms with Crippen molar-refractivity contribution in [2.24, 2.45) is 19.1 Å². The average molecular weight is 450 g/mol. The van der Waals surface area contributed by atoms with Crippen molar-refractivity contribution < 1.29 is 9.50 Å². The number of benzene rings is 3. The van der Waals surface area contributed by atoms with Gasteiger partial charge in [0.25, 0.3) is 5.56 Å². The lowest BCUT2D eigenvalue weighted by molar-refractivity contribution is 0.410. The molecule has 1 heterocycles. The van der Waals surface area contributed by atoms with Crippen LogP contribution >= 0.6 is 11.8 Å². The van der Waals surface area contributed by atoms with E-state index in [-0.39, 0.29) is 10.6 Å². The lowest BCUT2D eigenvalue weighted by atomic mass is 10.1. The van der Waals surface area contributed by atoms with Crippen molar-refractivity contribution in [3.8, 4) is 5.88 Å². The summed E-state index contributed by atoms with van der Waals surface area (Å²) in [5.74, 6) is -0.411. The van der Waals surface area contributed by atoms with E-state index in [0.29, 0.717) is 11.4 Å². The van der Waals surface area contributed by atoms with Crippen molar-refractivity contribution >= 4 is 33.3 Å². The third kappa shape index (κ3) is 4.09. The van der Waals surface area contributed by atoms with Crippen LogP contribution in [0.2, 0.25) is 0 Å². The van der Waals surface area contributed by atoms with Gasteiger partial charge in [0.2, 0.25) is 5.88 Å². The highest BCUT2D eigenvalue weighted by Crippen LogP contribution is 2.28. The van der Waals surface area contributed by atoms with E-state index in [1.54, 1.807) is 0 Å². The largest absolute Gasteiger partial charge is 0.494 e. The van der Waals surface area contributed by atoms with Gasteiger partial charge >= 0.3 is 5.69 Å². The number of aromatic hydroxyl groups is 1. The van der Waals surface area contributed by atoms with Crippen LogP contribution in [0.15, 0.2) is 81.3 Å². The first kappa shape index (κ1) is 21.6. The van der Waals surface area contributed by atoms with E-state index in [4.69, 9.17) is 0 Å². The topological polar surface area (TPSA) is 76.6 Å². The van der Waals surface area contributed by atoms with Crippen molar-refractivity contribution in [1.82, 2.24) is 9.13 Å². The predicted molar refractivity (Wildman–Crippen MR) is 126 cm³/mol. The third-order valence-electron chi connectivity index (χ3n) is 5.15. The van der Waals surface area contributed by atoms with Crippen LogP contribution in [-0.2, 0) is 19.8 Å². The lowest BCUT2D eigenvalue weighted by Gasteiger charge is -2.13. The van der Waals surface area contributed by atoms with E-state index >= 15 is 0 Å². The fraction of sp³-hybridized carbons (Fsp3) is 0.125. The van der Waals surface area contributed by atoms with E-state index in [2.05, 4.69) is 4.99 Å². The molecule has 0 atom stereocenters. The Bertz CT molecular complexity index is 1450. The summed E-state index contributed by atoms with van der Waals surface area (Å²) in [5, 5.41) is 13.0. The normalized spacial score (nSPS) is 11.8. The number of halogens is 1. The van der Waals surface area contributed by atoms with Crippen LogP contribution in [0.25, 0.3) is 10.8 Å². The van der Waals surface area contributed by atoms with Gasteiger partial charge in [-0.1, -0.05) is 42.5 Å². The molecule has 0 unspecified atom stereocenters. The summed E-state index contributed by atoms with van der Waals surface area (Å²) in [6.07, 6.45) is 0. The highest BCUT2D eigenvalue weighted by molar-refractivity contribution is 8.13. The van der Waals surface area contributed by atoms with Gasteiger partial charge in [-0.15, -0.1) is 11.8 Å². The van der Waals surface area contributed by atoms with Gasteiger partial charge < -0.3 is 5.11 Å². The number of hydrogen-bond donors (Lipinski definition) is 1. The second kappa shape index (κ2) is 8.84. The van der Waals surface area contributed by atoms with Crippen molar-refractivity contribution in [3.05, 3.63) is 105 Å². The number of hydrogen-bond acceptors (Lipinski definition) is 5. The van der Waals surface area contributed by atoms with Gasteiger partial charge in [0, 0.05) is 19.8 Å². The predicted octanol–water partition coefficient (Wildman–Crippen LogP) is 4.09. The van der Waals surface area contributed by atoms with E-state index in [9.17, 15) is 19.1 Å². The molecule has 0 bridgehead atoms. The van der Waals surface area contributed by atoms with Gasteiger partial charge in [-0.2, -0.15) is 0 Å². The molecule has 6 nitrogen and oxygen atoms in total. The van der Waals surface area contributed by atoms with Crippen molar-refractivity contribution in [2.45, 2.75) is 5.75 Å². The summed E-state index contributed by atoms with van der Waals surface area (Å²) in [6.45, 7) is 0. The second-order valence-electron chi connectivity index (χ2n) is 7.22. The highest BCUT2D eigenvalue weighted by atomic mass is 32.2. The van der Waals surface area contributed by atoms with Crippen molar-refractivity contribution in [1.29, 1.82) is 0 Å². The smallest absolute Gasteiger partial charge is 0.333 e. The van der Waals surface area contributed by atoms with Gasteiger partial charge in [-0.05, 0) is 40.6 Å². The molecule has 32 heavy (non-hydrogen) atoms. The average Bonchev–Trinajstić information content (AvgIpc) is 2.81. The number of thioether (sulfide) groups is 1. The summed E-state index contributed by atoms with van der Waals surface area (Å²) in [4.78, 5) is 29.6. The Hall–Kier alpha value is -3.65. The zero-order valence-electron chi connectivity index (χ0n) is 17.4. The summed E-state index contributed by atoms with van der Waals surface area (Å²) >= 11 is 1.26. The first-order chi connectivity index (χ1) is 15.4. The van der Waals surface area contributed by atoms with Gasteiger partial charge in [-0.25, -0.2) is 14.2 Å². The van der Waals surface area contributed by atoms with E-state index in [1.165, 1.54) is 50.1 Å². The Labute approximate surface area is 187 Å². The number of nitrogens with zero attached hydrogens (tertiary/aromatic N) is 3. The summed E-state index contributed by atoms with van der Waals surface area (Å²) in [5.41, 5.74) is 0.0700. The number of rotatable bonds is 4.